The molecule has 1 saturated heterocycles. The largest absolute Gasteiger partial charge is 0.376 e. The zero-order valence-corrected chi connectivity index (χ0v) is 17.5. The standard InChI is InChI=1S/C23H34N4O/c1-3-10-26-11-12-27(15-17(26)2)23-20(14-24)19-9-13-28-16-21(19)22(25-23)18-7-5-4-6-8-18/h17-18H,3-13,15-16H2,1-2H3/t17-/m1/s1. The van der Waals surface area contributed by atoms with E-state index in [1.54, 1.807) is 0 Å². The smallest absolute Gasteiger partial charge is 0.147 e. The molecule has 1 saturated carbocycles. The minimum Gasteiger partial charge on any atom is -0.376 e. The van der Waals surface area contributed by atoms with E-state index in [-0.39, 0.29) is 0 Å². The predicted octanol–water partition coefficient (Wildman–Crippen LogP) is 3.99. The molecule has 1 atom stereocenters. The van der Waals surface area contributed by atoms with E-state index in [1.165, 1.54) is 55.3 Å². The Morgan fingerprint density at radius 3 is 2.71 bits per heavy atom. The van der Waals surface area contributed by atoms with Crippen molar-refractivity contribution in [3.05, 3.63) is 22.4 Å². The lowest BCUT2D eigenvalue weighted by molar-refractivity contribution is 0.109. The third-order valence-corrected chi connectivity index (χ3v) is 6.85. The average Bonchev–Trinajstić information content (AvgIpc) is 2.74. The zero-order valence-electron chi connectivity index (χ0n) is 17.5. The molecule has 4 rings (SSSR count). The highest BCUT2D eigenvalue weighted by Gasteiger charge is 2.31. The van der Waals surface area contributed by atoms with Crippen molar-refractivity contribution in [2.24, 2.45) is 0 Å². The molecule has 0 radical (unpaired) electrons. The van der Waals surface area contributed by atoms with E-state index in [9.17, 15) is 5.26 Å². The maximum atomic E-state index is 10.0. The van der Waals surface area contributed by atoms with Gasteiger partial charge in [0.15, 0.2) is 0 Å². The maximum Gasteiger partial charge on any atom is 0.147 e. The SMILES string of the molecule is CCCN1CCN(c2nc(C3CCCCC3)c3c(c2C#N)CCOC3)C[C@H]1C. The molecule has 1 aliphatic carbocycles. The van der Waals surface area contributed by atoms with Crippen LogP contribution in [0.1, 0.15) is 80.7 Å². The molecule has 28 heavy (non-hydrogen) atoms. The van der Waals surface area contributed by atoms with Crippen LogP contribution in [0.5, 0.6) is 0 Å². The fourth-order valence-corrected chi connectivity index (χ4v) is 5.33. The fourth-order valence-electron chi connectivity index (χ4n) is 5.33. The van der Waals surface area contributed by atoms with Crippen molar-refractivity contribution in [2.45, 2.75) is 77.4 Å². The zero-order chi connectivity index (χ0) is 19.5. The van der Waals surface area contributed by atoms with Gasteiger partial charge >= 0.3 is 0 Å². The number of hydrogen-bond acceptors (Lipinski definition) is 5. The number of ether oxygens (including phenoxy) is 1. The number of fused-ring (bicyclic) bond motifs is 1. The van der Waals surface area contributed by atoms with Gasteiger partial charge in [0.1, 0.15) is 11.9 Å². The van der Waals surface area contributed by atoms with Gasteiger partial charge in [0, 0.05) is 37.2 Å². The minimum atomic E-state index is 0.500. The van der Waals surface area contributed by atoms with Crippen LogP contribution in [0.4, 0.5) is 5.82 Å². The van der Waals surface area contributed by atoms with Gasteiger partial charge in [-0.15, -0.1) is 0 Å². The number of aromatic nitrogens is 1. The van der Waals surface area contributed by atoms with Crippen LogP contribution in [-0.4, -0.2) is 48.7 Å². The fraction of sp³-hybridized carbons (Fsp3) is 0.739. The highest BCUT2D eigenvalue weighted by molar-refractivity contribution is 5.62. The quantitative estimate of drug-likeness (QED) is 0.788. The predicted molar refractivity (Wildman–Crippen MR) is 112 cm³/mol. The molecule has 2 aliphatic heterocycles. The summed E-state index contributed by atoms with van der Waals surface area (Å²) in [5, 5.41) is 10.0. The Bertz CT molecular complexity index is 735. The van der Waals surface area contributed by atoms with Crippen molar-refractivity contribution in [3.63, 3.8) is 0 Å². The lowest BCUT2D eigenvalue weighted by Crippen LogP contribution is -2.52. The lowest BCUT2D eigenvalue weighted by Gasteiger charge is -2.41. The highest BCUT2D eigenvalue weighted by Crippen LogP contribution is 2.39. The Morgan fingerprint density at radius 2 is 2.00 bits per heavy atom. The van der Waals surface area contributed by atoms with E-state index in [4.69, 9.17) is 9.72 Å². The topological polar surface area (TPSA) is 52.4 Å². The molecule has 5 heteroatoms. The van der Waals surface area contributed by atoms with Crippen molar-refractivity contribution < 1.29 is 4.74 Å². The summed E-state index contributed by atoms with van der Waals surface area (Å²) in [6.07, 6.45) is 8.43. The van der Waals surface area contributed by atoms with Crippen LogP contribution in [-0.2, 0) is 17.8 Å². The first kappa shape index (κ1) is 19.7. The Hall–Kier alpha value is -1.64. The van der Waals surface area contributed by atoms with Crippen molar-refractivity contribution >= 4 is 5.82 Å². The molecule has 0 bridgehead atoms. The summed E-state index contributed by atoms with van der Waals surface area (Å²) in [5.74, 6) is 1.49. The Labute approximate surface area is 169 Å². The molecule has 1 aromatic heterocycles. The van der Waals surface area contributed by atoms with Crippen LogP contribution in [0.2, 0.25) is 0 Å². The van der Waals surface area contributed by atoms with Crippen LogP contribution in [0, 0.1) is 11.3 Å². The molecule has 1 aromatic rings. The van der Waals surface area contributed by atoms with E-state index in [0.29, 0.717) is 18.6 Å². The third-order valence-electron chi connectivity index (χ3n) is 6.85. The molecule has 5 nitrogen and oxygen atoms in total. The van der Waals surface area contributed by atoms with Crippen molar-refractivity contribution in [3.8, 4) is 6.07 Å². The Morgan fingerprint density at radius 1 is 1.18 bits per heavy atom. The average molecular weight is 383 g/mol. The number of piperazine rings is 1. The van der Waals surface area contributed by atoms with Crippen LogP contribution in [0.15, 0.2) is 0 Å². The number of anilines is 1. The highest BCUT2D eigenvalue weighted by atomic mass is 16.5. The first-order valence-electron chi connectivity index (χ1n) is 11.2. The van der Waals surface area contributed by atoms with Gasteiger partial charge in [0.25, 0.3) is 0 Å². The summed E-state index contributed by atoms with van der Waals surface area (Å²) in [6.45, 7) is 10.0. The van der Waals surface area contributed by atoms with E-state index in [0.717, 1.165) is 50.6 Å². The summed E-state index contributed by atoms with van der Waals surface area (Å²) in [6, 6.07) is 3.03. The molecule has 0 N–H and O–H groups in total. The second kappa shape index (κ2) is 8.80. The van der Waals surface area contributed by atoms with Crippen LogP contribution >= 0.6 is 0 Å². The number of nitriles is 1. The molecule has 0 spiro atoms. The maximum absolute atomic E-state index is 10.0. The van der Waals surface area contributed by atoms with Gasteiger partial charge in [-0.1, -0.05) is 26.2 Å². The number of pyridine rings is 1. The molecule has 152 valence electrons. The summed E-state index contributed by atoms with van der Waals surface area (Å²) in [7, 11) is 0. The van der Waals surface area contributed by atoms with Gasteiger partial charge in [0.2, 0.25) is 0 Å². The van der Waals surface area contributed by atoms with Gasteiger partial charge in [-0.3, -0.25) is 4.90 Å². The van der Waals surface area contributed by atoms with E-state index in [1.807, 2.05) is 0 Å². The number of hydrogen-bond donors (Lipinski definition) is 0. The van der Waals surface area contributed by atoms with E-state index in [2.05, 4.69) is 29.7 Å². The molecular weight excluding hydrogens is 348 g/mol. The van der Waals surface area contributed by atoms with Crippen LogP contribution in [0.25, 0.3) is 0 Å². The second-order valence-corrected chi connectivity index (χ2v) is 8.73. The monoisotopic (exact) mass is 382 g/mol. The molecule has 0 unspecified atom stereocenters. The van der Waals surface area contributed by atoms with Crippen molar-refractivity contribution in [1.82, 2.24) is 9.88 Å². The van der Waals surface area contributed by atoms with Gasteiger partial charge in [0.05, 0.1) is 24.5 Å². The van der Waals surface area contributed by atoms with Gasteiger partial charge in [-0.05, 0) is 44.7 Å². The van der Waals surface area contributed by atoms with Crippen molar-refractivity contribution in [1.29, 1.82) is 5.26 Å². The Kier molecular flexibility index (Phi) is 6.18. The first-order chi connectivity index (χ1) is 13.7. The summed E-state index contributed by atoms with van der Waals surface area (Å²) >= 11 is 0. The summed E-state index contributed by atoms with van der Waals surface area (Å²) in [5.41, 5.74) is 4.51. The number of nitrogens with zero attached hydrogens (tertiary/aromatic N) is 4. The Balaban J connectivity index is 1.71. The van der Waals surface area contributed by atoms with Crippen LogP contribution in [0.3, 0.4) is 0 Å². The molecular formula is C23H34N4O. The third kappa shape index (κ3) is 3.77. The molecule has 3 heterocycles. The van der Waals surface area contributed by atoms with Gasteiger partial charge in [-0.25, -0.2) is 4.98 Å². The second-order valence-electron chi connectivity index (χ2n) is 8.73. The van der Waals surface area contributed by atoms with E-state index >= 15 is 0 Å². The van der Waals surface area contributed by atoms with Gasteiger partial charge < -0.3 is 9.64 Å². The minimum absolute atomic E-state index is 0.500. The molecule has 0 amide bonds. The number of rotatable bonds is 4. The van der Waals surface area contributed by atoms with Crippen molar-refractivity contribution in [2.75, 3.05) is 37.7 Å². The molecule has 0 aromatic carbocycles. The van der Waals surface area contributed by atoms with Gasteiger partial charge in [-0.2, -0.15) is 5.26 Å². The summed E-state index contributed by atoms with van der Waals surface area (Å²) < 4.78 is 5.80. The van der Waals surface area contributed by atoms with Crippen LogP contribution < -0.4 is 4.90 Å². The molecule has 3 aliphatic rings. The summed E-state index contributed by atoms with van der Waals surface area (Å²) in [4.78, 5) is 10.2. The molecule has 2 fully saturated rings. The lowest BCUT2D eigenvalue weighted by atomic mass is 9.82. The van der Waals surface area contributed by atoms with E-state index < -0.39 is 0 Å². The normalized spacial score (nSPS) is 24.0. The first-order valence-corrected chi connectivity index (χ1v) is 11.2.